The smallest absolute Gasteiger partial charge is 0.268 e. The van der Waals surface area contributed by atoms with Crippen LogP contribution in [-0.4, -0.2) is 29.5 Å². The molecule has 0 aliphatic carbocycles. The van der Waals surface area contributed by atoms with Crippen molar-refractivity contribution < 1.29 is 24.0 Å². The van der Waals surface area contributed by atoms with Crippen LogP contribution in [0.5, 0.6) is 0 Å². The Morgan fingerprint density at radius 2 is 1.00 bits per heavy atom. The Morgan fingerprint density at radius 3 is 1.44 bits per heavy atom. The topological polar surface area (TPSA) is 156 Å². The summed E-state index contributed by atoms with van der Waals surface area (Å²) in [6.45, 7) is 0. The number of benzene rings is 4. The number of amides is 5. The summed E-state index contributed by atoms with van der Waals surface area (Å²) in [7, 11) is 0. The van der Waals surface area contributed by atoms with Gasteiger partial charge in [0.1, 0.15) is 0 Å². The van der Waals surface area contributed by atoms with E-state index >= 15 is 0 Å². The number of rotatable bonds is 4. The first-order chi connectivity index (χ1) is 18.8. The minimum Gasteiger partial charge on any atom is -0.398 e. The Kier molecular flexibility index (Phi) is 5.25. The quantitative estimate of drug-likeness (QED) is 0.275. The fourth-order valence-electron chi connectivity index (χ4n) is 4.75. The van der Waals surface area contributed by atoms with Gasteiger partial charge in [-0.05, 0) is 72.8 Å². The number of hydrogen-bond acceptors (Lipinski definition) is 7. The maximum Gasteiger partial charge on any atom is 0.268 e. The van der Waals surface area contributed by atoms with Gasteiger partial charge in [0.25, 0.3) is 29.5 Å². The van der Waals surface area contributed by atoms with Crippen LogP contribution in [0.15, 0.2) is 84.9 Å². The molecule has 39 heavy (non-hydrogen) atoms. The number of imide groups is 2. The van der Waals surface area contributed by atoms with Crippen molar-refractivity contribution in [1.82, 2.24) is 0 Å². The molecule has 0 saturated carbocycles. The Labute approximate surface area is 221 Å². The number of nitrogen functional groups attached to an aromatic ring is 2. The predicted octanol–water partition coefficient (Wildman–Crippen LogP) is 3.70. The molecule has 5 amide bonds. The summed E-state index contributed by atoms with van der Waals surface area (Å²) in [4.78, 5) is 66.1. The van der Waals surface area contributed by atoms with E-state index in [1.807, 2.05) is 0 Å². The van der Waals surface area contributed by atoms with Crippen molar-refractivity contribution >= 4 is 58.0 Å². The van der Waals surface area contributed by atoms with Gasteiger partial charge in [-0.3, -0.25) is 24.0 Å². The number of nitrogens with zero attached hydrogens (tertiary/aromatic N) is 2. The van der Waals surface area contributed by atoms with Crippen molar-refractivity contribution in [3.63, 3.8) is 0 Å². The summed E-state index contributed by atoms with van der Waals surface area (Å²) in [5, 5.41) is 2.74. The van der Waals surface area contributed by atoms with Crippen molar-refractivity contribution in [1.29, 1.82) is 0 Å². The van der Waals surface area contributed by atoms with Gasteiger partial charge in [0.05, 0.1) is 33.6 Å². The highest BCUT2D eigenvalue weighted by molar-refractivity contribution is 6.36. The van der Waals surface area contributed by atoms with E-state index in [0.717, 1.165) is 9.80 Å². The second-order valence-electron chi connectivity index (χ2n) is 8.98. The zero-order chi connectivity index (χ0) is 27.4. The molecule has 4 aromatic rings. The van der Waals surface area contributed by atoms with Gasteiger partial charge in [-0.1, -0.05) is 12.1 Å². The van der Waals surface area contributed by atoms with Crippen LogP contribution >= 0.6 is 0 Å². The maximum atomic E-state index is 12.8. The van der Waals surface area contributed by atoms with Crippen LogP contribution in [0.3, 0.4) is 0 Å². The van der Waals surface area contributed by atoms with Crippen molar-refractivity contribution in [3.8, 4) is 0 Å². The molecule has 0 unspecified atom stereocenters. The van der Waals surface area contributed by atoms with Gasteiger partial charge in [0, 0.05) is 22.6 Å². The first kappa shape index (κ1) is 23.6. The Bertz CT molecular complexity index is 1750. The molecule has 0 radical (unpaired) electrons. The molecule has 2 heterocycles. The Balaban J connectivity index is 1.16. The normalized spacial score (nSPS) is 14.1. The van der Waals surface area contributed by atoms with Crippen molar-refractivity contribution in [3.05, 3.63) is 113 Å². The molecule has 5 N–H and O–H groups in total. The fraction of sp³-hybridized carbons (Fsp3) is 0. The van der Waals surface area contributed by atoms with Gasteiger partial charge in [0.2, 0.25) is 0 Å². The van der Waals surface area contributed by atoms with Crippen LogP contribution in [0, 0.1) is 0 Å². The van der Waals surface area contributed by atoms with Crippen LogP contribution in [0.25, 0.3) is 0 Å². The van der Waals surface area contributed by atoms with E-state index in [0.29, 0.717) is 17.1 Å². The molecule has 6 rings (SSSR count). The molecular formula is C29H19N5O5. The largest absolute Gasteiger partial charge is 0.398 e. The number of nitrogens with one attached hydrogen (secondary N) is 1. The highest BCUT2D eigenvalue weighted by Gasteiger charge is 2.39. The molecule has 10 nitrogen and oxygen atoms in total. The molecule has 0 atom stereocenters. The van der Waals surface area contributed by atoms with E-state index in [1.54, 1.807) is 60.7 Å². The number of carbonyl (C=O) groups excluding carboxylic acids is 5. The lowest BCUT2D eigenvalue weighted by atomic mass is 10.1. The molecule has 0 bridgehead atoms. The highest BCUT2D eigenvalue weighted by Crippen LogP contribution is 2.33. The third-order valence-electron chi connectivity index (χ3n) is 6.67. The van der Waals surface area contributed by atoms with Gasteiger partial charge < -0.3 is 16.8 Å². The molecule has 4 aromatic carbocycles. The van der Waals surface area contributed by atoms with Gasteiger partial charge in [0.15, 0.2) is 0 Å². The highest BCUT2D eigenvalue weighted by atomic mass is 16.2. The molecule has 190 valence electrons. The molecule has 10 heteroatoms. The number of anilines is 5. The molecular weight excluding hydrogens is 498 g/mol. The number of carbonyl (C=O) groups is 5. The molecule has 2 aliphatic rings. The van der Waals surface area contributed by atoms with Crippen LogP contribution < -0.4 is 26.6 Å². The van der Waals surface area contributed by atoms with E-state index in [9.17, 15) is 24.0 Å². The van der Waals surface area contributed by atoms with Crippen molar-refractivity contribution in [2.45, 2.75) is 0 Å². The number of nitrogens with two attached hydrogens (primary N) is 2. The van der Waals surface area contributed by atoms with Gasteiger partial charge in [-0.15, -0.1) is 0 Å². The number of hydrogen-bond donors (Lipinski definition) is 3. The van der Waals surface area contributed by atoms with Gasteiger partial charge in [-0.2, -0.15) is 0 Å². The van der Waals surface area contributed by atoms with Crippen molar-refractivity contribution in [2.24, 2.45) is 0 Å². The molecule has 0 spiro atoms. The van der Waals surface area contributed by atoms with Crippen LogP contribution in [0.2, 0.25) is 0 Å². The summed E-state index contributed by atoms with van der Waals surface area (Å²) >= 11 is 0. The number of fused-ring (bicyclic) bond motifs is 2. The van der Waals surface area contributed by atoms with E-state index in [1.165, 1.54) is 24.3 Å². The summed E-state index contributed by atoms with van der Waals surface area (Å²) in [6.07, 6.45) is 0. The van der Waals surface area contributed by atoms with Gasteiger partial charge >= 0.3 is 0 Å². The molecule has 0 aromatic heterocycles. The van der Waals surface area contributed by atoms with Crippen LogP contribution in [0.1, 0.15) is 51.8 Å². The van der Waals surface area contributed by atoms with E-state index < -0.39 is 29.5 Å². The summed E-state index contributed by atoms with van der Waals surface area (Å²) in [6, 6.07) is 21.7. The first-order valence-corrected chi connectivity index (χ1v) is 11.8. The fourth-order valence-corrected chi connectivity index (χ4v) is 4.75. The monoisotopic (exact) mass is 517 g/mol. The van der Waals surface area contributed by atoms with Crippen LogP contribution in [-0.2, 0) is 0 Å². The van der Waals surface area contributed by atoms with E-state index in [4.69, 9.17) is 11.5 Å². The van der Waals surface area contributed by atoms with Crippen molar-refractivity contribution in [2.75, 3.05) is 26.6 Å². The molecule has 2 aliphatic heterocycles. The van der Waals surface area contributed by atoms with E-state index in [-0.39, 0.29) is 39.2 Å². The summed E-state index contributed by atoms with van der Waals surface area (Å²) in [5.74, 6) is -2.42. The zero-order valence-corrected chi connectivity index (χ0v) is 20.2. The second-order valence-corrected chi connectivity index (χ2v) is 8.98. The first-order valence-electron chi connectivity index (χ1n) is 11.8. The third kappa shape index (κ3) is 3.62. The minimum absolute atomic E-state index is 0.164. The zero-order valence-electron chi connectivity index (χ0n) is 20.2. The second kappa shape index (κ2) is 8.67. The lowest BCUT2D eigenvalue weighted by Gasteiger charge is -2.15. The molecule has 0 saturated heterocycles. The Morgan fingerprint density at radius 1 is 0.564 bits per heavy atom. The predicted molar refractivity (Wildman–Crippen MR) is 145 cm³/mol. The maximum absolute atomic E-state index is 12.8. The lowest BCUT2D eigenvalue weighted by molar-refractivity contribution is 0.0910. The summed E-state index contributed by atoms with van der Waals surface area (Å²) in [5.41, 5.74) is 14.4. The summed E-state index contributed by atoms with van der Waals surface area (Å²) < 4.78 is 0. The average molecular weight is 518 g/mol. The third-order valence-corrected chi connectivity index (χ3v) is 6.67. The van der Waals surface area contributed by atoms with Crippen LogP contribution in [0.4, 0.5) is 28.4 Å². The average Bonchev–Trinajstić information content (AvgIpc) is 3.35. The molecule has 0 fully saturated rings. The SMILES string of the molecule is Nc1cccc2c1C(=O)N(c1ccc(NC(=O)c3ccc(N4C(=O)c5cccc(N)c5C4=O)cc3)cc1)C2=O. The Hall–Kier alpha value is -5.77. The standard InChI is InChI=1S/C29H19N5O5/c30-21-5-1-3-19-23(21)28(38)33(26(19)36)17-11-7-15(8-12-17)25(35)32-16-9-13-18(14-10-16)34-27(37)20-4-2-6-22(31)24(20)29(34)39/h1-14H,30-31H2,(H,32,35). The van der Waals surface area contributed by atoms with E-state index in [2.05, 4.69) is 5.32 Å². The lowest BCUT2D eigenvalue weighted by Crippen LogP contribution is -2.29. The minimum atomic E-state index is -0.522. The van der Waals surface area contributed by atoms with Gasteiger partial charge in [-0.25, -0.2) is 9.80 Å².